The van der Waals surface area contributed by atoms with Crippen molar-refractivity contribution in [2.45, 2.75) is 6.18 Å². The Bertz CT molecular complexity index is 620. The molecule has 1 amide bonds. The fourth-order valence-corrected chi connectivity index (χ4v) is 1.62. The number of rotatable bonds is 2. The number of oxazole rings is 1. The van der Waals surface area contributed by atoms with Gasteiger partial charge in [-0.25, -0.2) is 4.98 Å². The Balaban J connectivity index is 2.42. The van der Waals surface area contributed by atoms with Crippen LogP contribution >= 0.6 is 11.6 Å². The van der Waals surface area contributed by atoms with E-state index >= 15 is 0 Å². The Morgan fingerprint density at radius 2 is 1.84 bits per heavy atom. The molecule has 0 radical (unpaired) electrons. The molecule has 100 valence electrons. The van der Waals surface area contributed by atoms with Gasteiger partial charge in [-0.15, -0.1) is 0 Å². The second-order valence-corrected chi connectivity index (χ2v) is 3.92. The van der Waals surface area contributed by atoms with E-state index in [2.05, 4.69) is 9.40 Å². The third-order valence-corrected chi connectivity index (χ3v) is 2.53. The summed E-state index contributed by atoms with van der Waals surface area (Å²) >= 11 is 5.57. The molecular weight excluding hydrogens is 285 g/mol. The first-order valence-corrected chi connectivity index (χ1v) is 5.30. The highest BCUT2D eigenvalue weighted by Gasteiger charge is 2.38. The monoisotopic (exact) mass is 290 g/mol. The van der Waals surface area contributed by atoms with Crippen molar-refractivity contribution in [3.63, 3.8) is 0 Å². The number of carbonyl (C=O) groups is 1. The minimum absolute atomic E-state index is 0.148. The van der Waals surface area contributed by atoms with Crippen LogP contribution in [-0.4, -0.2) is 10.9 Å². The summed E-state index contributed by atoms with van der Waals surface area (Å²) < 4.78 is 41.5. The summed E-state index contributed by atoms with van der Waals surface area (Å²) in [4.78, 5) is 14.2. The first kappa shape index (κ1) is 13.4. The molecule has 0 bridgehead atoms. The average Bonchev–Trinajstić information content (AvgIpc) is 2.71. The summed E-state index contributed by atoms with van der Waals surface area (Å²) in [7, 11) is 0. The third kappa shape index (κ3) is 2.70. The lowest BCUT2D eigenvalue weighted by atomic mass is 10.1. The van der Waals surface area contributed by atoms with Gasteiger partial charge in [0.25, 0.3) is 0 Å². The summed E-state index contributed by atoms with van der Waals surface area (Å²) in [6, 6.07) is 5.47. The topological polar surface area (TPSA) is 69.1 Å². The van der Waals surface area contributed by atoms with Crippen molar-refractivity contribution < 1.29 is 22.4 Å². The maximum absolute atomic E-state index is 12.4. The molecule has 2 N–H and O–H groups in total. The Labute approximate surface area is 110 Å². The molecule has 0 aliphatic rings. The minimum Gasteiger partial charge on any atom is -0.420 e. The average molecular weight is 291 g/mol. The zero-order valence-corrected chi connectivity index (χ0v) is 9.92. The Morgan fingerprint density at radius 3 is 2.26 bits per heavy atom. The molecule has 0 atom stereocenters. The molecule has 0 unspecified atom stereocenters. The van der Waals surface area contributed by atoms with Gasteiger partial charge in [0.15, 0.2) is 0 Å². The number of alkyl halides is 3. The van der Waals surface area contributed by atoms with E-state index in [1.807, 2.05) is 0 Å². The smallest absolute Gasteiger partial charge is 0.420 e. The lowest BCUT2D eigenvalue weighted by molar-refractivity contribution is -0.157. The lowest BCUT2D eigenvalue weighted by Gasteiger charge is -1.99. The molecular formula is C11H6ClF3N2O2. The third-order valence-electron chi connectivity index (χ3n) is 2.27. The van der Waals surface area contributed by atoms with E-state index in [9.17, 15) is 18.0 Å². The normalized spacial score (nSPS) is 11.6. The Hall–Kier alpha value is -2.02. The predicted octanol–water partition coefficient (Wildman–Crippen LogP) is 3.11. The Morgan fingerprint density at radius 1 is 1.26 bits per heavy atom. The van der Waals surface area contributed by atoms with Crippen LogP contribution in [-0.2, 0) is 6.18 Å². The maximum Gasteiger partial charge on any atom is 0.469 e. The number of hydrogen-bond donors (Lipinski definition) is 1. The van der Waals surface area contributed by atoms with Crippen LogP contribution in [0.3, 0.4) is 0 Å². The van der Waals surface area contributed by atoms with Gasteiger partial charge in [0, 0.05) is 11.1 Å². The number of aromatic nitrogens is 1. The number of carbonyl (C=O) groups excluding carboxylic acids is 1. The van der Waals surface area contributed by atoms with Gasteiger partial charge in [-0.2, -0.15) is 13.2 Å². The van der Waals surface area contributed by atoms with Gasteiger partial charge >= 0.3 is 12.1 Å². The second kappa shape index (κ2) is 4.58. The van der Waals surface area contributed by atoms with E-state index in [1.165, 1.54) is 24.3 Å². The SMILES string of the molecule is NC(=O)c1ccc(-c2nc(C(F)(F)F)oc2Cl)cc1. The summed E-state index contributed by atoms with van der Waals surface area (Å²) in [6.07, 6.45) is -4.71. The number of hydrogen-bond acceptors (Lipinski definition) is 3. The fourth-order valence-electron chi connectivity index (χ4n) is 1.39. The van der Waals surface area contributed by atoms with Gasteiger partial charge < -0.3 is 10.2 Å². The van der Waals surface area contributed by atoms with E-state index in [-0.39, 0.29) is 16.8 Å². The van der Waals surface area contributed by atoms with E-state index in [4.69, 9.17) is 17.3 Å². The molecule has 0 aliphatic carbocycles. The first-order valence-electron chi connectivity index (χ1n) is 4.93. The van der Waals surface area contributed by atoms with E-state index < -0.39 is 23.2 Å². The fraction of sp³-hybridized carbons (Fsp3) is 0.0909. The maximum atomic E-state index is 12.4. The molecule has 2 rings (SSSR count). The number of primary amides is 1. The highest BCUT2D eigenvalue weighted by molar-refractivity contribution is 6.31. The molecule has 0 saturated carbocycles. The van der Waals surface area contributed by atoms with Gasteiger partial charge in [0.2, 0.25) is 11.1 Å². The van der Waals surface area contributed by atoms with Crippen LogP contribution in [0, 0.1) is 0 Å². The zero-order chi connectivity index (χ0) is 14.2. The van der Waals surface area contributed by atoms with Crippen molar-refractivity contribution in [3.8, 4) is 11.3 Å². The molecule has 1 aromatic heterocycles. The molecule has 0 saturated heterocycles. The van der Waals surface area contributed by atoms with Gasteiger partial charge in [-0.1, -0.05) is 12.1 Å². The van der Waals surface area contributed by atoms with Crippen molar-refractivity contribution >= 4 is 17.5 Å². The highest BCUT2D eigenvalue weighted by atomic mass is 35.5. The van der Waals surface area contributed by atoms with Crippen LogP contribution in [0.2, 0.25) is 5.22 Å². The van der Waals surface area contributed by atoms with E-state index in [1.54, 1.807) is 0 Å². The molecule has 1 aromatic carbocycles. The molecule has 1 heterocycles. The number of halogens is 4. The van der Waals surface area contributed by atoms with Crippen LogP contribution in [0.1, 0.15) is 16.2 Å². The van der Waals surface area contributed by atoms with Crippen molar-refractivity contribution in [2.24, 2.45) is 5.73 Å². The largest absolute Gasteiger partial charge is 0.469 e. The second-order valence-electron chi connectivity index (χ2n) is 3.58. The summed E-state index contributed by atoms with van der Waals surface area (Å²) in [5.74, 6) is -2.07. The Kier molecular flexibility index (Phi) is 3.23. The molecule has 0 spiro atoms. The standard InChI is InChI=1S/C11H6ClF3N2O2/c12-8-7(17-10(19-8)11(13,14)15)5-1-3-6(4-2-5)9(16)18/h1-4H,(H2,16,18). The van der Waals surface area contributed by atoms with Gasteiger partial charge in [-0.3, -0.25) is 4.79 Å². The van der Waals surface area contributed by atoms with Crippen LogP contribution in [0.5, 0.6) is 0 Å². The van der Waals surface area contributed by atoms with Crippen LogP contribution in [0.4, 0.5) is 13.2 Å². The summed E-state index contributed by atoms with van der Waals surface area (Å²) in [6.45, 7) is 0. The van der Waals surface area contributed by atoms with Crippen LogP contribution in [0.25, 0.3) is 11.3 Å². The summed E-state index contributed by atoms with van der Waals surface area (Å²) in [5.41, 5.74) is 5.41. The quantitative estimate of drug-likeness (QED) is 0.924. The summed E-state index contributed by atoms with van der Waals surface area (Å²) in [5, 5.41) is -0.473. The molecule has 0 fully saturated rings. The van der Waals surface area contributed by atoms with Gasteiger partial charge in [0.1, 0.15) is 5.69 Å². The number of amides is 1. The van der Waals surface area contributed by atoms with E-state index in [0.717, 1.165) is 0 Å². The molecule has 8 heteroatoms. The number of nitrogens with two attached hydrogens (primary N) is 1. The minimum atomic E-state index is -4.71. The molecule has 19 heavy (non-hydrogen) atoms. The lowest BCUT2D eigenvalue weighted by Crippen LogP contribution is -2.10. The van der Waals surface area contributed by atoms with Gasteiger partial charge in [0.05, 0.1) is 0 Å². The molecule has 0 aliphatic heterocycles. The van der Waals surface area contributed by atoms with E-state index in [0.29, 0.717) is 0 Å². The van der Waals surface area contributed by atoms with Crippen molar-refractivity contribution in [1.82, 2.24) is 4.98 Å². The molecule has 2 aromatic rings. The number of benzene rings is 1. The predicted molar refractivity (Wildman–Crippen MR) is 60.5 cm³/mol. The van der Waals surface area contributed by atoms with Crippen LogP contribution in [0.15, 0.2) is 28.7 Å². The number of nitrogens with zero attached hydrogens (tertiary/aromatic N) is 1. The van der Waals surface area contributed by atoms with Crippen molar-refractivity contribution in [1.29, 1.82) is 0 Å². The zero-order valence-electron chi connectivity index (χ0n) is 9.16. The van der Waals surface area contributed by atoms with Crippen LogP contribution < -0.4 is 5.73 Å². The van der Waals surface area contributed by atoms with Crippen molar-refractivity contribution in [3.05, 3.63) is 40.9 Å². The first-order chi connectivity index (χ1) is 8.79. The van der Waals surface area contributed by atoms with Crippen molar-refractivity contribution in [2.75, 3.05) is 0 Å². The highest BCUT2D eigenvalue weighted by Crippen LogP contribution is 2.35. The molecule has 4 nitrogen and oxygen atoms in total. The van der Waals surface area contributed by atoms with Gasteiger partial charge in [-0.05, 0) is 23.7 Å².